The Kier molecular flexibility index (Phi) is 4.06. The molecule has 2 saturated carbocycles. The molecule has 4 atom stereocenters. The molecular weight excluding hydrogens is 232 g/mol. The first kappa shape index (κ1) is 13.3. The molecule has 0 heterocycles. The molecule has 4 unspecified atom stereocenters. The summed E-state index contributed by atoms with van der Waals surface area (Å²) in [7, 11) is 0. The molecule has 3 heteroatoms. The monoisotopic (exact) mass is 256 g/mol. The highest BCUT2D eigenvalue weighted by Gasteiger charge is 2.49. The van der Waals surface area contributed by atoms with E-state index in [9.17, 15) is 4.79 Å². The quantitative estimate of drug-likeness (QED) is 0.602. The molecule has 2 bridgehead atoms. The Labute approximate surface area is 110 Å². The number of hydrogen-bond donors (Lipinski definition) is 1. The highest BCUT2D eigenvalue weighted by atomic mass is 32.1. The van der Waals surface area contributed by atoms with Gasteiger partial charge in [0.25, 0.3) is 0 Å². The molecule has 2 rings (SSSR count). The number of carbonyl (C=O) groups is 1. The first-order valence-electron chi connectivity index (χ1n) is 6.91. The number of esters is 1. The van der Waals surface area contributed by atoms with Crippen LogP contribution in [0.2, 0.25) is 0 Å². The number of rotatable bonds is 5. The standard InChI is InChI=1S/C14H24O2S/c1-3-14(2,16-13(15)6-7-17)12-9-10-4-5-11(12)8-10/h10-12,17H,3-9H2,1-2H3. The van der Waals surface area contributed by atoms with Crippen LogP contribution in [0.3, 0.4) is 0 Å². The second-order valence-corrected chi connectivity index (χ2v) is 6.34. The van der Waals surface area contributed by atoms with Crippen LogP contribution >= 0.6 is 12.6 Å². The van der Waals surface area contributed by atoms with Crippen molar-refractivity contribution in [3.8, 4) is 0 Å². The van der Waals surface area contributed by atoms with E-state index in [1.54, 1.807) is 0 Å². The van der Waals surface area contributed by atoms with E-state index < -0.39 is 0 Å². The van der Waals surface area contributed by atoms with Gasteiger partial charge in [0.1, 0.15) is 5.60 Å². The van der Waals surface area contributed by atoms with E-state index in [0.29, 0.717) is 18.1 Å². The molecule has 2 aliphatic rings. The number of fused-ring (bicyclic) bond motifs is 2. The molecular formula is C14H24O2S. The van der Waals surface area contributed by atoms with Crippen molar-refractivity contribution in [1.82, 2.24) is 0 Å². The van der Waals surface area contributed by atoms with Gasteiger partial charge in [0.2, 0.25) is 0 Å². The largest absolute Gasteiger partial charge is 0.459 e. The van der Waals surface area contributed by atoms with Crippen LogP contribution in [0, 0.1) is 17.8 Å². The molecule has 0 spiro atoms. The predicted molar refractivity (Wildman–Crippen MR) is 72.2 cm³/mol. The van der Waals surface area contributed by atoms with Crippen LogP contribution in [0.4, 0.5) is 0 Å². The lowest BCUT2D eigenvalue weighted by atomic mass is 9.75. The lowest BCUT2D eigenvalue weighted by Crippen LogP contribution is -2.41. The van der Waals surface area contributed by atoms with Gasteiger partial charge >= 0.3 is 5.97 Å². The zero-order chi connectivity index (χ0) is 12.5. The number of carbonyl (C=O) groups excluding carboxylic acids is 1. The van der Waals surface area contributed by atoms with Gasteiger partial charge in [0, 0.05) is 11.7 Å². The van der Waals surface area contributed by atoms with Gasteiger partial charge in [-0.2, -0.15) is 12.6 Å². The minimum absolute atomic E-state index is 0.0767. The molecule has 0 N–H and O–H groups in total. The second-order valence-electron chi connectivity index (χ2n) is 5.90. The van der Waals surface area contributed by atoms with E-state index >= 15 is 0 Å². The van der Waals surface area contributed by atoms with Gasteiger partial charge in [-0.3, -0.25) is 4.79 Å². The van der Waals surface area contributed by atoms with Crippen LogP contribution < -0.4 is 0 Å². The van der Waals surface area contributed by atoms with Crippen molar-refractivity contribution in [3.05, 3.63) is 0 Å². The predicted octanol–water partition coefficient (Wildman–Crippen LogP) is 3.45. The minimum atomic E-state index is -0.236. The summed E-state index contributed by atoms with van der Waals surface area (Å²) >= 11 is 4.09. The maximum absolute atomic E-state index is 11.7. The Hall–Kier alpha value is -0.180. The fraction of sp³-hybridized carbons (Fsp3) is 0.929. The van der Waals surface area contributed by atoms with Gasteiger partial charge in [0.05, 0.1) is 6.42 Å². The number of ether oxygens (including phenoxy) is 1. The van der Waals surface area contributed by atoms with Gasteiger partial charge in [-0.05, 0) is 44.4 Å². The molecule has 17 heavy (non-hydrogen) atoms. The van der Waals surface area contributed by atoms with E-state index in [2.05, 4.69) is 26.5 Å². The molecule has 2 fully saturated rings. The maximum Gasteiger partial charge on any atom is 0.307 e. The fourth-order valence-corrected chi connectivity index (χ4v) is 3.99. The zero-order valence-electron chi connectivity index (χ0n) is 10.9. The average molecular weight is 256 g/mol. The third-order valence-electron chi connectivity index (χ3n) is 4.89. The second kappa shape index (κ2) is 5.21. The maximum atomic E-state index is 11.7. The third-order valence-corrected chi connectivity index (χ3v) is 5.11. The summed E-state index contributed by atoms with van der Waals surface area (Å²) in [5.74, 6) is 2.80. The number of thiol groups is 1. The molecule has 98 valence electrons. The molecule has 0 aromatic rings. The zero-order valence-corrected chi connectivity index (χ0v) is 11.8. The Balaban J connectivity index is 2.01. The first-order valence-corrected chi connectivity index (χ1v) is 7.55. The first-order chi connectivity index (χ1) is 8.09. The highest BCUT2D eigenvalue weighted by Crippen LogP contribution is 2.53. The van der Waals surface area contributed by atoms with Crippen molar-refractivity contribution in [2.24, 2.45) is 17.8 Å². The molecule has 0 radical (unpaired) electrons. The van der Waals surface area contributed by atoms with Crippen LogP contribution in [0.5, 0.6) is 0 Å². The Morgan fingerprint density at radius 3 is 2.65 bits per heavy atom. The van der Waals surface area contributed by atoms with Gasteiger partial charge < -0.3 is 4.74 Å². The fourth-order valence-electron chi connectivity index (χ4n) is 3.81. The lowest BCUT2D eigenvalue weighted by Gasteiger charge is -2.39. The van der Waals surface area contributed by atoms with E-state index in [1.165, 1.54) is 25.7 Å². The lowest BCUT2D eigenvalue weighted by molar-refractivity contribution is -0.166. The van der Waals surface area contributed by atoms with E-state index in [0.717, 1.165) is 18.3 Å². The Morgan fingerprint density at radius 1 is 1.41 bits per heavy atom. The van der Waals surface area contributed by atoms with Crippen molar-refractivity contribution in [1.29, 1.82) is 0 Å². The van der Waals surface area contributed by atoms with Crippen LogP contribution in [0.25, 0.3) is 0 Å². The molecule has 0 aliphatic heterocycles. The summed E-state index contributed by atoms with van der Waals surface area (Å²) in [6.45, 7) is 4.27. The van der Waals surface area contributed by atoms with Gasteiger partial charge in [-0.25, -0.2) is 0 Å². The topological polar surface area (TPSA) is 26.3 Å². The van der Waals surface area contributed by atoms with Crippen molar-refractivity contribution in [3.63, 3.8) is 0 Å². The minimum Gasteiger partial charge on any atom is -0.459 e. The summed E-state index contributed by atoms with van der Waals surface area (Å²) in [6, 6.07) is 0. The van der Waals surface area contributed by atoms with Gasteiger partial charge in [-0.15, -0.1) is 0 Å². The number of hydrogen-bond acceptors (Lipinski definition) is 3. The molecule has 2 aliphatic carbocycles. The Bertz CT molecular complexity index is 292. The van der Waals surface area contributed by atoms with Crippen LogP contribution in [-0.4, -0.2) is 17.3 Å². The van der Waals surface area contributed by atoms with Crippen molar-refractivity contribution >= 4 is 18.6 Å². The molecule has 0 aromatic heterocycles. The van der Waals surface area contributed by atoms with E-state index in [1.807, 2.05) is 0 Å². The summed E-state index contributed by atoms with van der Waals surface area (Å²) < 4.78 is 5.78. The average Bonchev–Trinajstić information content (AvgIpc) is 2.91. The van der Waals surface area contributed by atoms with Crippen molar-refractivity contribution < 1.29 is 9.53 Å². The molecule has 0 aromatic carbocycles. The molecule has 0 saturated heterocycles. The van der Waals surface area contributed by atoms with Crippen molar-refractivity contribution in [2.75, 3.05) is 5.75 Å². The van der Waals surface area contributed by atoms with Crippen LogP contribution in [0.1, 0.15) is 52.4 Å². The molecule has 0 amide bonds. The summed E-state index contributed by atoms with van der Waals surface area (Å²) in [5, 5.41) is 0. The summed E-state index contributed by atoms with van der Waals surface area (Å²) in [5.41, 5.74) is -0.236. The van der Waals surface area contributed by atoms with E-state index in [-0.39, 0.29) is 11.6 Å². The molecule has 2 nitrogen and oxygen atoms in total. The van der Waals surface area contributed by atoms with Gasteiger partial charge in [0.15, 0.2) is 0 Å². The van der Waals surface area contributed by atoms with Crippen LogP contribution in [0.15, 0.2) is 0 Å². The van der Waals surface area contributed by atoms with E-state index in [4.69, 9.17) is 4.74 Å². The van der Waals surface area contributed by atoms with Crippen molar-refractivity contribution in [2.45, 2.75) is 58.0 Å². The summed E-state index contributed by atoms with van der Waals surface area (Å²) in [4.78, 5) is 11.7. The highest BCUT2D eigenvalue weighted by molar-refractivity contribution is 7.80. The Morgan fingerprint density at radius 2 is 2.18 bits per heavy atom. The normalized spacial score (nSPS) is 34.6. The van der Waals surface area contributed by atoms with Crippen LogP contribution in [-0.2, 0) is 9.53 Å². The third kappa shape index (κ3) is 2.64. The SMILES string of the molecule is CCC(C)(OC(=O)CCS)C1CC2CCC1C2. The summed E-state index contributed by atoms with van der Waals surface area (Å²) in [6.07, 6.45) is 6.73. The van der Waals surface area contributed by atoms with Gasteiger partial charge in [-0.1, -0.05) is 13.3 Å². The smallest absolute Gasteiger partial charge is 0.307 e.